The molecular weight excluding hydrogens is 274 g/mol. The van der Waals surface area contributed by atoms with Gasteiger partial charge in [-0.1, -0.05) is 78.1 Å². The summed E-state index contributed by atoms with van der Waals surface area (Å²) in [6, 6.07) is 0.762. The number of thioether (sulfide) groups is 1. The summed E-state index contributed by atoms with van der Waals surface area (Å²) in [5, 5.41) is 4.68. The number of rotatable bonds is 13. The van der Waals surface area contributed by atoms with Gasteiger partial charge in [0.2, 0.25) is 0 Å². The average molecular weight is 314 g/mol. The summed E-state index contributed by atoms with van der Waals surface area (Å²) in [6.07, 6.45) is 18.8. The molecular formula is C19H39NS. The smallest absolute Gasteiger partial charge is 0.0158 e. The van der Waals surface area contributed by atoms with Crippen molar-refractivity contribution in [1.82, 2.24) is 5.32 Å². The van der Waals surface area contributed by atoms with Crippen molar-refractivity contribution < 1.29 is 0 Å². The number of unbranched alkanes of at least 4 members (excludes halogenated alkanes) is 6. The monoisotopic (exact) mass is 313 g/mol. The molecule has 0 saturated heterocycles. The van der Waals surface area contributed by atoms with Crippen molar-refractivity contribution in [2.45, 2.75) is 109 Å². The molecule has 1 fully saturated rings. The molecule has 0 aromatic rings. The minimum Gasteiger partial charge on any atom is -0.313 e. The van der Waals surface area contributed by atoms with Crippen LogP contribution in [0.15, 0.2) is 0 Å². The second-order valence-corrected chi connectivity index (χ2v) is 8.09. The highest BCUT2D eigenvalue weighted by atomic mass is 32.2. The SMILES string of the molecule is CCCCCCCCCC(CSC1CCCCC1)NCC. The predicted molar refractivity (Wildman–Crippen MR) is 99.4 cm³/mol. The molecule has 0 aliphatic heterocycles. The van der Waals surface area contributed by atoms with E-state index < -0.39 is 0 Å². The third kappa shape index (κ3) is 10.6. The van der Waals surface area contributed by atoms with Gasteiger partial charge in [-0.2, -0.15) is 11.8 Å². The van der Waals surface area contributed by atoms with E-state index in [4.69, 9.17) is 0 Å². The third-order valence-electron chi connectivity index (χ3n) is 4.73. The van der Waals surface area contributed by atoms with Gasteiger partial charge in [-0.3, -0.25) is 0 Å². The molecule has 1 nitrogen and oxygen atoms in total. The molecule has 2 heteroatoms. The van der Waals surface area contributed by atoms with Crippen LogP contribution in [-0.4, -0.2) is 23.6 Å². The van der Waals surface area contributed by atoms with Crippen molar-refractivity contribution in [1.29, 1.82) is 0 Å². The fourth-order valence-corrected chi connectivity index (χ4v) is 4.82. The Morgan fingerprint density at radius 2 is 1.57 bits per heavy atom. The number of hydrogen-bond acceptors (Lipinski definition) is 2. The molecule has 21 heavy (non-hydrogen) atoms. The van der Waals surface area contributed by atoms with Crippen molar-refractivity contribution in [3.63, 3.8) is 0 Å². The number of hydrogen-bond donors (Lipinski definition) is 1. The maximum atomic E-state index is 3.71. The molecule has 0 radical (unpaired) electrons. The van der Waals surface area contributed by atoms with Gasteiger partial charge in [-0.25, -0.2) is 0 Å². The quantitative estimate of drug-likeness (QED) is 0.408. The third-order valence-corrected chi connectivity index (χ3v) is 6.27. The minimum absolute atomic E-state index is 0.762. The molecule has 1 saturated carbocycles. The van der Waals surface area contributed by atoms with Crippen LogP contribution in [0.1, 0.15) is 97.3 Å². The highest BCUT2D eigenvalue weighted by Crippen LogP contribution is 2.29. The molecule has 1 aliphatic rings. The normalized spacial score (nSPS) is 18.0. The van der Waals surface area contributed by atoms with Crippen LogP contribution in [0.3, 0.4) is 0 Å². The highest BCUT2D eigenvalue weighted by Gasteiger charge is 2.16. The Balaban J connectivity index is 2.02. The lowest BCUT2D eigenvalue weighted by Crippen LogP contribution is -2.32. The summed E-state index contributed by atoms with van der Waals surface area (Å²) in [7, 11) is 0. The molecule has 0 aromatic carbocycles. The summed E-state index contributed by atoms with van der Waals surface area (Å²) in [5.41, 5.74) is 0. The van der Waals surface area contributed by atoms with Gasteiger partial charge < -0.3 is 5.32 Å². The van der Waals surface area contributed by atoms with Gasteiger partial charge in [-0.15, -0.1) is 0 Å². The van der Waals surface area contributed by atoms with Crippen LogP contribution in [0.2, 0.25) is 0 Å². The van der Waals surface area contributed by atoms with Crippen molar-refractivity contribution in [2.24, 2.45) is 0 Å². The van der Waals surface area contributed by atoms with Gasteiger partial charge in [0.1, 0.15) is 0 Å². The molecule has 0 heterocycles. The second kappa shape index (κ2) is 13.9. The molecule has 1 rings (SSSR count). The Kier molecular flexibility index (Phi) is 12.8. The highest BCUT2D eigenvalue weighted by molar-refractivity contribution is 7.99. The van der Waals surface area contributed by atoms with Crippen molar-refractivity contribution in [2.75, 3.05) is 12.3 Å². The van der Waals surface area contributed by atoms with Gasteiger partial charge >= 0.3 is 0 Å². The largest absolute Gasteiger partial charge is 0.313 e. The van der Waals surface area contributed by atoms with Crippen LogP contribution < -0.4 is 5.32 Å². The molecule has 0 spiro atoms. The zero-order chi connectivity index (χ0) is 15.2. The zero-order valence-electron chi connectivity index (χ0n) is 14.7. The van der Waals surface area contributed by atoms with E-state index in [0.29, 0.717) is 0 Å². The predicted octanol–water partition coefficient (Wildman–Crippen LogP) is 6.17. The Hall–Kier alpha value is 0.310. The van der Waals surface area contributed by atoms with Gasteiger partial charge in [0.05, 0.1) is 0 Å². The van der Waals surface area contributed by atoms with Gasteiger partial charge in [-0.05, 0) is 25.8 Å². The van der Waals surface area contributed by atoms with Crippen molar-refractivity contribution in [3.05, 3.63) is 0 Å². The van der Waals surface area contributed by atoms with Crippen LogP contribution in [0.5, 0.6) is 0 Å². The standard InChI is InChI=1S/C19H39NS/c1-3-5-6-7-8-9-11-14-18(20-4-2)17-21-19-15-12-10-13-16-19/h18-20H,3-17H2,1-2H3. The van der Waals surface area contributed by atoms with Crippen LogP contribution in [0.4, 0.5) is 0 Å². The first-order chi connectivity index (χ1) is 10.4. The molecule has 0 bridgehead atoms. The molecule has 0 amide bonds. The first-order valence-electron chi connectivity index (χ1n) is 9.71. The lowest BCUT2D eigenvalue weighted by molar-refractivity contribution is 0.487. The van der Waals surface area contributed by atoms with E-state index in [-0.39, 0.29) is 0 Å². The fraction of sp³-hybridized carbons (Fsp3) is 1.00. The Bertz CT molecular complexity index is 214. The first-order valence-corrected chi connectivity index (χ1v) is 10.8. The summed E-state index contributed by atoms with van der Waals surface area (Å²) in [6.45, 7) is 5.68. The lowest BCUT2D eigenvalue weighted by atomic mass is 10.0. The first kappa shape index (κ1) is 19.4. The summed E-state index contributed by atoms with van der Waals surface area (Å²) in [5.74, 6) is 1.34. The Morgan fingerprint density at radius 1 is 0.905 bits per heavy atom. The second-order valence-electron chi connectivity index (χ2n) is 6.76. The maximum absolute atomic E-state index is 3.71. The van der Waals surface area contributed by atoms with Gasteiger partial charge in [0.25, 0.3) is 0 Å². The van der Waals surface area contributed by atoms with Gasteiger partial charge in [0.15, 0.2) is 0 Å². The van der Waals surface area contributed by atoms with Gasteiger partial charge in [0, 0.05) is 17.0 Å². The van der Waals surface area contributed by atoms with Crippen LogP contribution in [0.25, 0.3) is 0 Å². The molecule has 1 unspecified atom stereocenters. The number of nitrogens with one attached hydrogen (secondary N) is 1. The van der Waals surface area contributed by atoms with E-state index in [9.17, 15) is 0 Å². The Labute approximate surface area is 138 Å². The van der Waals surface area contributed by atoms with Crippen molar-refractivity contribution >= 4 is 11.8 Å². The lowest BCUT2D eigenvalue weighted by Gasteiger charge is -2.24. The minimum atomic E-state index is 0.762. The van der Waals surface area contributed by atoms with E-state index in [1.54, 1.807) is 0 Å². The maximum Gasteiger partial charge on any atom is 0.0158 e. The topological polar surface area (TPSA) is 12.0 Å². The van der Waals surface area contributed by atoms with Crippen LogP contribution >= 0.6 is 11.8 Å². The van der Waals surface area contributed by atoms with E-state index in [1.807, 2.05) is 0 Å². The molecule has 126 valence electrons. The molecule has 1 aliphatic carbocycles. The van der Waals surface area contributed by atoms with Crippen molar-refractivity contribution in [3.8, 4) is 0 Å². The fourth-order valence-electron chi connectivity index (χ4n) is 3.36. The molecule has 1 N–H and O–H groups in total. The summed E-state index contributed by atoms with van der Waals surface area (Å²) in [4.78, 5) is 0. The average Bonchev–Trinajstić information content (AvgIpc) is 2.52. The van der Waals surface area contributed by atoms with Crippen LogP contribution in [0, 0.1) is 0 Å². The van der Waals surface area contributed by atoms with E-state index >= 15 is 0 Å². The van der Waals surface area contributed by atoms with Crippen LogP contribution in [-0.2, 0) is 0 Å². The zero-order valence-corrected chi connectivity index (χ0v) is 15.5. The van der Waals surface area contributed by atoms with E-state index in [1.165, 1.54) is 89.2 Å². The Morgan fingerprint density at radius 3 is 2.24 bits per heavy atom. The summed E-state index contributed by atoms with van der Waals surface area (Å²) >= 11 is 2.26. The van der Waals surface area contributed by atoms with E-state index in [2.05, 4.69) is 30.9 Å². The summed E-state index contributed by atoms with van der Waals surface area (Å²) < 4.78 is 0. The molecule has 1 atom stereocenters. The van der Waals surface area contributed by atoms with E-state index in [0.717, 1.165) is 17.8 Å². The molecule has 0 aromatic heterocycles.